The lowest BCUT2D eigenvalue weighted by Gasteiger charge is -2.37. The minimum absolute atomic E-state index is 0. The summed E-state index contributed by atoms with van der Waals surface area (Å²) < 4.78 is 0. The zero-order valence-electron chi connectivity index (χ0n) is 5.97. The van der Waals surface area contributed by atoms with E-state index in [9.17, 15) is 0 Å². The molecule has 0 aromatic heterocycles. The first-order chi connectivity index (χ1) is 4.45. The second-order valence-corrected chi connectivity index (χ2v) is 3.45. The zero-order valence-corrected chi connectivity index (χ0v) is 5.97. The normalized spacial score (nSPS) is 38.4. The molecule has 10 heavy (non-hydrogen) atoms. The van der Waals surface area contributed by atoms with Gasteiger partial charge in [0.25, 0.3) is 0 Å². The van der Waals surface area contributed by atoms with E-state index in [2.05, 4.69) is 4.90 Å². The van der Waals surface area contributed by atoms with Gasteiger partial charge >= 0.3 is 0 Å². The second-order valence-electron chi connectivity index (χ2n) is 3.45. The van der Waals surface area contributed by atoms with Crippen LogP contribution in [0.5, 0.6) is 0 Å². The molecular weight excluding hydrogens is 122 g/mol. The Kier molecular flexibility index (Phi) is 2.72. The van der Waals surface area contributed by atoms with Gasteiger partial charge in [0.1, 0.15) is 0 Å². The third kappa shape index (κ3) is 1.51. The molecule has 0 atom stereocenters. The maximum atomic E-state index is 2.62. The molecule has 60 valence electrons. The first-order valence-corrected chi connectivity index (χ1v) is 4.17. The lowest BCUT2D eigenvalue weighted by molar-refractivity contribution is 0.124. The van der Waals surface area contributed by atoms with Crippen LogP contribution in [-0.2, 0) is 0 Å². The van der Waals surface area contributed by atoms with E-state index in [1.54, 1.807) is 0 Å². The van der Waals surface area contributed by atoms with Gasteiger partial charge in [-0.05, 0) is 44.7 Å². The second kappa shape index (κ2) is 3.38. The Bertz CT molecular complexity index is 80.9. The van der Waals surface area contributed by atoms with Gasteiger partial charge < -0.3 is 4.90 Å². The van der Waals surface area contributed by atoms with E-state index >= 15 is 0 Å². The zero-order chi connectivity index (χ0) is 6.10. The number of fused-ring (bicyclic) bond motifs is 2. The fraction of sp³-hybridized carbons (Fsp3) is 1.00. The summed E-state index contributed by atoms with van der Waals surface area (Å²) in [6.45, 7) is 4.19. The highest BCUT2D eigenvalue weighted by Gasteiger charge is 2.22. The maximum absolute atomic E-state index is 2.62. The Morgan fingerprint density at radius 1 is 1.00 bits per heavy atom. The smallest absolute Gasteiger partial charge is 0.000967 e. The Morgan fingerprint density at radius 2 is 1.60 bits per heavy atom. The molecule has 0 radical (unpaired) electrons. The molecule has 0 aliphatic carbocycles. The molecule has 0 aromatic carbocycles. The predicted octanol–water partition coefficient (Wildman–Crippen LogP) is 2.13. The van der Waals surface area contributed by atoms with Crippen molar-refractivity contribution in [2.24, 2.45) is 5.92 Å². The van der Waals surface area contributed by atoms with E-state index in [0.717, 1.165) is 5.92 Å². The van der Waals surface area contributed by atoms with Crippen molar-refractivity contribution in [1.29, 1.82) is 0 Å². The standard InChI is InChI=1S/C8H15N.CH4/c1-3-8-4-2-6-9(5-1)7-8;/h8H,1-7H2;1H4. The van der Waals surface area contributed by atoms with Crippen molar-refractivity contribution in [3.8, 4) is 0 Å². The van der Waals surface area contributed by atoms with Crippen molar-refractivity contribution in [3.63, 3.8) is 0 Å². The van der Waals surface area contributed by atoms with E-state index in [4.69, 9.17) is 0 Å². The average Bonchev–Trinajstić information content (AvgIpc) is 1.88. The van der Waals surface area contributed by atoms with Crippen LogP contribution in [0.15, 0.2) is 0 Å². The van der Waals surface area contributed by atoms with Gasteiger partial charge in [-0.15, -0.1) is 0 Å². The van der Waals surface area contributed by atoms with Gasteiger partial charge in [-0.1, -0.05) is 7.43 Å². The number of hydrogen-bond donors (Lipinski definition) is 0. The fourth-order valence-electron chi connectivity index (χ4n) is 2.19. The van der Waals surface area contributed by atoms with Crippen molar-refractivity contribution in [3.05, 3.63) is 0 Å². The molecule has 0 aromatic rings. The monoisotopic (exact) mass is 141 g/mol. The first kappa shape index (κ1) is 8.06. The Hall–Kier alpha value is -0.0400. The Morgan fingerprint density at radius 3 is 2.00 bits per heavy atom. The maximum Gasteiger partial charge on any atom is 0.000967 e. The fourth-order valence-corrected chi connectivity index (χ4v) is 2.19. The minimum atomic E-state index is 0. The summed E-state index contributed by atoms with van der Waals surface area (Å²) in [4.78, 5) is 2.62. The van der Waals surface area contributed by atoms with Crippen molar-refractivity contribution >= 4 is 0 Å². The van der Waals surface area contributed by atoms with E-state index in [1.165, 1.54) is 45.3 Å². The topological polar surface area (TPSA) is 3.24 Å². The number of nitrogens with zero attached hydrogens (tertiary/aromatic N) is 1. The Balaban J connectivity index is 0.000000500. The highest BCUT2D eigenvalue weighted by molar-refractivity contribution is 4.77. The molecule has 2 rings (SSSR count). The molecule has 0 unspecified atom stereocenters. The molecule has 2 bridgehead atoms. The lowest BCUT2D eigenvalue weighted by Crippen LogP contribution is -2.39. The molecule has 2 fully saturated rings. The molecule has 0 spiro atoms. The van der Waals surface area contributed by atoms with Gasteiger partial charge in [-0.25, -0.2) is 0 Å². The van der Waals surface area contributed by atoms with Crippen LogP contribution in [0.25, 0.3) is 0 Å². The van der Waals surface area contributed by atoms with Crippen LogP contribution >= 0.6 is 0 Å². The van der Waals surface area contributed by atoms with Crippen LogP contribution in [0, 0.1) is 5.92 Å². The minimum Gasteiger partial charge on any atom is -0.303 e. The van der Waals surface area contributed by atoms with E-state index < -0.39 is 0 Å². The molecule has 0 amide bonds. The van der Waals surface area contributed by atoms with Gasteiger partial charge in [0, 0.05) is 6.54 Å². The van der Waals surface area contributed by atoms with Gasteiger partial charge in [-0.3, -0.25) is 0 Å². The molecular formula is C9H19N. The highest BCUT2D eigenvalue weighted by Crippen LogP contribution is 2.25. The van der Waals surface area contributed by atoms with Gasteiger partial charge in [0.2, 0.25) is 0 Å². The summed E-state index contributed by atoms with van der Waals surface area (Å²) >= 11 is 0. The Labute approximate surface area is 64.4 Å². The molecule has 0 saturated carbocycles. The summed E-state index contributed by atoms with van der Waals surface area (Å²) in [5.41, 5.74) is 0. The summed E-state index contributed by atoms with van der Waals surface area (Å²) in [7, 11) is 0. The van der Waals surface area contributed by atoms with Crippen LogP contribution in [0.4, 0.5) is 0 Å². The van der Waals surface area contributed by atoms with Crippen molar-refractivity contribution in [1.82, 2.24) is 4.90 Å². The summed E-state index contributed by atoms with van der Waals surface area (Å²) in [5.74, 6) is 1.08. The van der Waals surface area contributed by atoms with E-state index in [1.807, 2.05) is 0 Å². The summed E-state index contributed by atoms with van der Waals surface area (Å²) in [6, 6.07) is 0. The lowest BCUT2D eigenvalue weighted by atomic mass is 9.90. The number of rotatable bonds is 0. The molecule has 1 heteroatoms. The third-order valence-electron chi connectivity index (χ3n) is 2.69. The van der Waals surface area contributed by atoms with Crippen molar-refractivity contribution < 1.29 is 0 Å². The van der Waals surface area contributed by atoms with Crippen LogP contribution in [0.2, 0.25) is 0 Å². The van der Waals surface area contributed by atoms with Crippen LogP contribution in [0.3, 0.4) is 0 Å². The van der Waals surface area contributed by atoms with E-state index in [0.29, 0.717) is 0 Å². The quantitative estimate of drug-likeness (QED) is 0.499. The number of hydrogen-bond acceptors (Lipinski definition) is 1. The summed E-state index contributed by atoms with van der Waals surface area (Å²) in [5, 5.41) is 0. The highest BCUT2D eigenvalue weighted by atomic mass is 15.1. The average molecular weight is 141 g/mol. The van der Waals surface area contributed by atoms with Gasteiger partial charge in [0.15, 0.2) is 0 Å². The summed E-state index contributed by atoms with van der Waals surface area (Å²) in [6.07, 6.45) is 5.95. The van der Waals surface area contributed by atoms with Crippen LogP contribution < -0.4 is 0 Å². The molecule has 1 nitrogen and oxygen atoms in total. The van der Waals surface area contributed by atoms with E-state index in [-0.39, 0.29) is 7.43 Å². The largest absolute Gasteiger partial charge is 0.303 e. The van der Waals surface area contributed by atoms with Crippen LogP contribution in [-0.4, -0.2) is 24.5 Å². The first-order valence-electron chi connectivity index (χ1n) is 4.17. The molecule has 2 aliphatic rings. The predicted molar refractivity (Wildman–Crippen MR) is 45.1 cm³/mol. The van der Waals surface area contributed by atoms with Crippen LogP contribution in [0.1, 0.15) is 33.1 Å². The molecule has 2 saturated heterocycles. The SMILES string of the molecule is C.C1CC2CCCN(C1)C2. The third-order valence-corrected chi connectivity index (χ3v) is 2.69. The van der Waals surface area contributed by atoms with Gasteiger partial charge in [0.05, 0.1) is 0 Å². The number of piperidine rings is 2. The van der Waals surface area contributed by atoms with Gasteiger partial charge in [-0.2, -0.15) is 0 Å². The molecule has 2 heterocycles. The van der Waals surface area contributed by atoms with Crippen molar-refractivity contribution in [2.75, 3.05) is 19.6 Å². The molecule has 2 aliphatic heterocycles. The molecule has 0 N–H and O–H groups in total. The van der Waals surface area contributed by atoms with Crippen molar-refractivity contribution in [2.45, 2.75) is 33.1 Å².